The summed E-state index contributed by atoms with van der Waals surface area (Å²) >= 11 is 0. The summed E-state index contributed by atoms with van der Waals surface area (Å²) in [5.41, 5.74) is -0.472. The summed E-state index contributed by atoms with van der Waals surface area (Å²) in [5, 5.41) is 3.00. The molecule has 2 amide bonds. The molecule has 0 bridgehead atoms. The third kappa shape index (κ3) is 7.11. The Labute approximate surface area is 134 Å². The maximum Gasteiger partial charge on any atom is 0.410 e. The maximum absolute atomic E-state index is 12.1. The van der Waals surface area contributed by atoms with E-state index in [-0.39, 0.29) is 17.9 Å². The Hall–Kier alpha value is -1.30. The lowest BCUT2D eigenvalue weighted by Crippen LogP contribution is -3.05. The average molecular weight is 314 g/mol. The molecule has 0 aromatic heterocycles. The van der Waals surface area contributed by atoms with E-state index in [1.165, 1.54) is 4.90 Å². The van der Waals surface area contributed by atoms with Crippen molar-refractivity contribution in [1.82, 2.24) is 10.2 Å². The van der Waals surface area contributed by atoms with Gasteiger partial charge in [0.1, 0.15) is 5.60 Å². The van der Waals surface area contributed by atoms with Crippen LogP contribution in [-0.4, -0.2) is 62.8 Å². The monoisotopic (exact) mass is 314 g/mol. The fourth-order valence-corrected chi connectivity index (χ4v) is 2.45. The molecule has 0 atom stereocenters. The van der Waals surface area contributed by atoms with Gasteiger partial charge >= 0.3 is 6.09 Å². The van der Waals surface area contributed by atoms with Crippen molar-refractivity contribution in [1.29, 1.82) is 0 Å². The number of hydrogen-bond donors (Lipinski definition) is 2. The first-order valence-electron chi connectivity index (χ1n) is 8.23. The number of nitrogens with one attached hydrogen (secondary N) is 2. The standard InChI is InChI=1S/C16H31N3O3/c1-16(2,3)22-15(21)19-11-7-13(8-12-19)14(20)17-9-6-10-18(4)5/h13H,6-12H2,1-5H3,(H,17,20)/p+1. The Morgan fingerprint density at radius 1 is 1.23 bits per heavy atom. The molecule has 1 saturated heterocycles. The zero-order valence-electron chi connectivity index (χ0n) is 14.7. The van der Waals surface area contributed by atoms with Gasteiger partial charge in [-0.3, -0.25) is 4.79 Å². The van der Waals surface area contributed by atoms with Crippen molar-refractivity contribution in [3.63, 3.8) is 0 Å². The molecule has 22 heavy (non-hydrogen) atoms. The molecule has 0 aliphatic carbocycles. The quantitative estimate of drug-likeness (QED) is 0.717. The molecule has 6 nitrogen and oxygen atoms in total. The van der Waals surface area contributed by atoms with Gasteiger partial charge in [-0.25, -0.2) is 4.79 Å². The predicted molar refractivity (Wildman–Crippen MR) is 85.8 cm³/mol. The van der Waals surface area contributed by atoms with Crippen molar-refractivity contribution in [3.8, 4) is 0 Å². The van der Waals surface area contributed by atoms with Gasteiger partial charge in [-0.2, -0.15) is 0 Å². The molecular weight excluding hydrogens is 282 g/mol. The summed E-state index contributed by atoms with van der Waals surface area (Å²) < 4.78 is 5.36. The number of nitrogens with zero attached hydrogens (tertiary/aromatic N) is 1. The fourth-order valence-electron chi connectivity index (χ4n) is 2.45. The summed E-state index contributed by atoms with van der Waals surface area (Å²) in [7, 11) is 4.21. The summed E-state index contributed by atoms with van der Waals surface area (Å²) in [4.78, 5) is 27.1. The van der Waals surface area contributed by atoms with Crippen LogP contribution in [0.25, 0.3) is 0 Å². The molecule has 0 saturated carbocycles. The molecule has 1 heterocycles. The minimum Gasteiger partial charge on any atom is -0.444 e. The van der Waals surface area contributed by atoms with Gasteiger partial charge in [0.05, 0.1) is 20.6 Å². The summed E-state index contributed by atoms with van der Waals surface area (Å²) in [6, 6.07) is 0. The third-order valence-electron chi connectivity index (χ3n) is 3.67. The topological polar surface area (TPSA) is 63.1 Å². The highest BCUT2D eigenvalue weighted by Crippen LogP contribution is 2.19. The van der Waals surface area contributed by atoms with Crippen LogP contribution < -0.4 is 10.2 Å². The Morgan fingerprint density at radius 3 is 2.32 bits per heavy atom. The van der Waals surface area contributed by atoms with Gasteiger partial charge in [0.25, 0.3) is 0 Å². The zero-order chi connectivity index (χ0) is 16.8. The van der Waals surface area contributed by atoms with Crippen molar-refractivity contribution in [2.24, 2.45) is 5.92 Å². The number of carbonyl (C=O) groups excluding carboxylic acids is 2. The van der Waals surface area contributed by atoms with Crippen molar-refractivity contribution in [2.45, 2.75) is 45.6 Å². The van der Waals surface area contributed by atoms with Gasteiger partial charge < -0.3 is 19.9 Å². The van der Waals surface area contributed by atoms with Gasteiger partial charge in [0.15, 0.2) is 0 Å². The van der Waals surface area contributed by atoms with Crippen molar-refractivity contribution < 1.29 is 19.2 Å². The van der Waals surface area contributed by atoms with E-state index < -0.39 is 5.60 Å². The molecule has 0 radical (unpaired) electrons. The molecule has 1 rings (SSSR count). The molecule has 0 unspecified atom stereocenters. The zero-order valence-corrected chi connectivity index (χ0v) is 14.7. The third-order valence-corrected chi connectivity index (χ3v) is 3.67. The van der Waals surface area contributed by atoms with Gasteiger partial charge in [0.2, 0.25) is 5.91 Å². The first kappa shape index (κ1) is 18.7. The molecule has 1 fully saturated rings. The molecule has 2 N–H and O–H groups in total. The van der Waals surface area contributed by atoms with Crippen LogP contribution in [0.2, 0.25) is 0 Å². The van der Waals surface area contributed by atoms with Crippen LogP contribution in [0.15, 0.2) is 0 Å². The van der Waals surface area contributed by atoms with E-state index in [1.807, 2.05) is 20.8 Å². The smallest absolute Gasteiger partial charge is 0.410 e. The van der Waals surface area contributed by atoms with Crippen LogP contribution in [-0.2, 0) is 9.53 Å². The number of rotatable bonds is 5. The Kier molecular flexibility index (Phi) is 7.13. The number of likely N-dealkylation sites (tertiary alicyclic amines) is 1. The summed E-state index contributed by atoms with van der Waals surface area (Å²) in [6.07, 6.45) is 2.14. The first-order chi connectivity index (χ1) is 10.2. The van der Waals surface area contributed by atoms with E-state index >= 15 is 0 Å². The Balaban J connectivity index is 2.27. The Morgan fingerprint density at radius 2 is 1.82 bits per heavy atom. The Bertz CT molecular complexity index is 369. The second-order valence-electron chi connectivity index (χ2n) is 7.34. The van der Waals surface area contributed by atoms with Gasteiger partial charge in [-0.15, -0.1) is 0 Å². The lowest BCUT2D eigenvalue weighted by atomic mass is 9.96. The lowest BCUT2D eigenvalue weighted by molar-refractivity contribution is -0.858. The van der Waals surface area contributed by atoms with Crippen LogP contribution in [0.3, 0.4) is 0 Å². The van der Waals surface area contributed by atoms with E-state index in [9.17, 15) is 9.59 Å². The van der Waals surface area contributed by atoms with Crippen molar-refractivity contribution in [2.75, 3.05) is 40.3 Å². The maximum atomic E-state index is 12.1. The highest BCUT2D eigenvalue weighted by Gasteiger charge is 2.29. The van der Waals surface area contributed by atoms with Gasteiger partial charge in [-0.05, 0) is 33.6 Å². The summed E-state index contributed by atoms with van der Waals surface area (Å²) in [5.74, 6) is 0.142. The molecule has 0 aromatic carbocycles. The molecule has 6 heteroatoms. The normalized spacial score (nSPS) is 16.7. The van der Waals surface area contributed by atoms with Crippen LogP contribution >= 0.6 is 0 Å². The highest BCUT2D eigenvalue weighted by atomic mass is 16.6. The molecular formula is C16H32N3O3+. The minimum atomic E-state index is -0.472. The fraction of sp³-hybridized carbons (Fsp3) is 0.875. The van der Waals surface area contributed by atoms with E-state index in [0.717, 1.165) is 19.5 Å². The highest BCUT2D eigenvalue weighted by molar-refractivity contribution is 5.79. The lowest BCUT2D eigenvalue weighted by Gasteiger charge is -2.32. The molecule has 0 aromatic rings. The van der Waals surface area contributed by atoms with Crippen LogP contribution in [0.4, 0.5) is 4.79 Å². The second kappa shape index (κ2) is 8.36. The largest absolute Gasteiger partial charge is 0.444 e. The van der Waals surface area contributed by atoms with Crippen LogP contribution in [0, 0.1) is 5.92 Å². The average Bonchev–Trinajstić information content (AvgIpc) is 2.41. The molecule has 1 aliphatic rings. The van der Waals surface area contributed by atoms with Crippen molar-refractivity contribution >= 4 is 12.0 Å². The predicted octanol–water partition coefficient (Wildman–Crippen LogP) is 0.284. The van der Waals surface area contributed by atoms with Gasteiger partial charge in [0, 0.05) is 32.0 Å². The van der Waals surface area contributed by atoms with Crippen LogP contribution in [0.1, 0.15) is 40.0 Å². The number of piperidine rings is 1. The van der Waals surface area contributed by atoms with E-state index in [1.54, 1.807) is 4.90 Å². The van der Waals surface area contributed by atoms with Crippen LogP contribution in [0.5, 0.6) is 0 Å². The number of amides is 2. The summed E-state index contributed by atoms with van der Waals surface area (Å²) in [6.45, 7) is 8.55. The second-order valence-corrected chi connectivity index (χ2v) is 7.34. The van der Waals surface area contributed by atoms with Crippen molar-refractivity contribution in [3.05, 3.63) is 0 Å². The van der Waals surface area contributed by atoms with E-state index in [2.05, 4.69) is 19.4 Å². The number of quaternary nitrogens is 1. The molecule has 128 valence electrons. The number of ether oxygens (including phenoxy) is 1. The molecule has 1 aliphatic heterocycles. The van der Waals surface area contributed by atoms with E-state index in [0.29, 0.717) is 25.9 Å². The van der Waals surface area contributed by atoms with E-state index in [4.69, 9.17) is 4.74 Å². The number of carbonyl (C=O) groups is 2. The molecule has 0 spiro atoms. The van der Waals surface area contributed by atoms with Gasteiger partial charge in [-0.1, -0.05) is 0 Å². The SMILES string of the molecule is C[NH+](C)CCCNC(=O)C1CCN(C(=O)OC(C)(C)C)CC1. The minimum absolute atomic E-state index is 0.0189. The number of hydrogen-bond acceptors (Lipinski definition) is 3. The first-order valence-corrected chi connectivity index (χ1v) is 8.23.